The number of hydrogen-bond donors (Lipinski definition) is 2. The Hall–Kier alpha value is -0.290. The van der Waals surface area contributed by atoms with Crippen LogP contribution in [0.1, 0.15) is 44.9 Å². The molecule has 1 aliphatic carbocycles. The molecule has 16 heavy (non-hydrogen) atoms. The third-order valence-electron chi connectivity index (χ3n) is 3.02. The number of unbranched alkanes of at least 4 members (excludes halogenated alkanes) is 1. The predicted molar refractivity (Wildman–Crippen MR) is 56.2 cm³/mol. The van der Waals surface area contributed by atoms with Gasteiger partial charge >= 0.3 is 6.18 Å². The fourth-order valence-corrected chi connectivity index (χ4v) is 2.09. The topological polar surface area (TPSA) is 32.3 Å². The molecule has 2 nitrogen and oxygen atoms in total. The van der Waals surface area contributed by atoms with Gasteiger partial charge in [0.1, 0.15) is 0 Å². The standard InChI is InChI=1S/C11H20F3NO/c12-11(13,14)7-3-4-8-15-9-5-1-2-6-10(9)16/h9-10,15-16H,1-8H2. The highest BCUT2D eigenvalue weighted by Gasteiger charge is 2.26. The summed E-state index contributed by atoms with van der Waals surface area (Å²) in [6, 6.07) is 0.0830. The molecular weight excluding hydrogens is 219 g/mol. The van der Waals surface area contributed by atoms with E-state index in [0.29, 0.717) is 13.0 Å². The van der Waals surface area contributed by atoms with E-state index in [9.17, 15) is 18.3 Å². The Morgan fingerprint density at radius 3 is 2.44 bits per heavy atom. The second kappa shape index (κ2) is 6.45. The van der Waals surface area contributed by atoms with E-state index in [1.54, 1.807) is 0 Å². The molecule has 0 spiro atoms. The molecule has 5 heteroatoms. The summed E-state index contributed by atoms with van der Waals surface area (Å²) in [5.74, 6) is 0. The smallest absolute Gasteiger partial charge is 0.389 e. The Bertz CT molecular complexity index is 196. The molecule has 0 aromatic rings. The summed E-state index contributed by atoms with van der Waals surface area (Å²) in [6.45, 7) is 0.567. The lowest BCUT2D eigenvalue weighted by molar-refractivity contribution is -0.135. The van der Waals surface area contributed by atoms with Crippen molar-refractivity contribution in [2.24, 2.45) is 0 Å². The zero-order valence-electron chi connectivity index (χ0n) is 9.39. The van der Waals surface area contributed by atoms with Crippen LogP contribution in [0.3, 0.4) is 0 Å². The second-order valence-electron chi connectivity index (χ2n) is 4.48. The zero-order chi connectivity index (χ0) is 12.0. The van der Waals surface area contributed by atoms with E-state index in [-0.39, 0.29) is 18.6 Å². The maximum Gasteiger partial charge on any atom is 0.389 e. The van der Waals surface area contributed by atoms with Gasteiger partial charge < -0.3 is 10.4 Å². The first-order chi connectivity index (χ1) is 7.49. The molecular formula is C11H20F3NO. The van der Waals surface area contributed by atoms with Gasteiger partial charge in [-0.1, -0.05) is 12.8 Å². The first-order valence-electron chi connectivity index (χ1n) is 5.97. The highest BCUT2D eigenvalue weighted by atomic mass is 19.4. The van der Waals surface area contributed by atoms with Crippen molar-refractivity contribution in [3.63, 3.8) is 0 Å². The fraction of sp³-hybridized carbons (Fsp3) is 1.00. The summed E-state index contributed by atoms with van der Waals surface area (Å²) in [7, 11) is 0. The summed E-state index contributed by atoms with van der Waals surface area (Å²) in [5, 5.41) is 12.8. The number of hydrogen-bond acceptors (Lipinski definition) is 2. The van der Waals surface area contributed by atoms with E-state index in [2.05, 4.69) is 5.32 Å². The van der Waals surface area contributed by atoms with Crippen molar-refractivity contribution in [1.82, 2.24) is 5.32 Å². The molecule has 96 valence electrons. The van der Waals surface area contributed by atoms with Crippen molar-refractivity contribution in [3.8, 4) is 0 Å². The van der Waals surface area contributed by atoms with Gasteiger partial charge in [-0.05, 0) is 32.2 Å². The van der Waals surface area contributed by atoms with Crippen LogP contribution in [0.15, 0.2) is 0 Å². The molecule has 1 aliphatic rings. The van der Waals surface area contributed by atoms with Crippen LogP contribution in [0.4, 0.5) is 13.2 Å². The average molecular weight is 239 g/mol. The quantitative estimate of drug-likeness (QED) is 0.723. The lowest BCUT2D eigenvalue weighted by atomic mass is 9.92. The Kier molecular flexibility index (Phi) is 5.55. The van der Waals surface area contributed by atoms with Crippen LogP contribution in [-0.4, -0.2) is 30.0 Å². The Morgan fingerprint density at radius 1 is 1.12 bits per heavy atom. The van der Waals surface area contributed by atoms with E-state index in [1.807, 2.05) is 0 Å². The van der Waals surface area contributed by atoms with Gasteiger partial charge in [-0.25, -0.2) is 0 Å². The Balaban J connectivity index is 2.02. The molecule has 2 N–H and O–H groups in total. The predicted octanol–water partition coefficient (Wildman–Crippen LogP) is 2.61. The van der Waals surface area contributed by atoms with Crippen molar-refractivity contribution in [2.45, 2.75) is 63.3 Å². The van der Waals surface area contributed by atoms with Crippen molar-refractivity contribution in [1.29, 1.82) is 0 Å². The van der Waals surface area contributed by atoms with Gasteiger partial charge in [-0.3, -0.25) is 0 Å². The lowest BCUT2D eigenvalue weighted by Gasteiger charge is -2.28. The average Bonchev–Trinajstić information content (AvgIpc) is 2.18. The number of nitrogens with one attached hydrogen (secondary N) is 1. The van der Waals surface area contributed by atoms with Crippen LogP contribution in [0, 0.1) is 0 Å². The van der Waals surface area contributed by atoms with Crippen LogP contribution < -0.4 is 5.32 Å². The van der Waals surface area contributed by atoms with Crippen molar-refractivity contribution < 1.29 is 18.3 Å². The Morgan fingerprint density at radius 2 is 1.81 bits per heavy atom. The minimum absolute atomic E-state index is 0.0830. The van der Waals surface area contributed by atoms with Gasteiger partial charge in [-0.2, -0.15) is 13.2 Å². The van der Waals surface area contributed by atoms with Crippen LogP contribution >= 0.6 is 0 Å². The molecule has 0 radical (unpaired) electrons. The fourth-order valence-electron chi connectivity index (χ4n) is 2.09. The van der Waals surface area contributed by atoms with Crippen molar-refractivity contribution in [2.75, 3.05) is 6.54 Å². The molecule has 0 aromatic carbocycles. The molecule has 1 saturated carbocycles. The maximum absolute atomic E-state index is 11.8. The summed E-state index contributed by atoms with van der Waals surface area (Å²) in [5.41, 5.74) is 0. The minimum Gasteiger partial charge on any atom is -0.392 e. The van der Waals surface area contributed by atoms with Crippen LogP contribution in [0.25, 0.3) is 0 Å². The number of aliphatic hydroxyl groups is 1. The first-order valence-corrected chi connectivity index (χ1v) is 5.97. The summed E-state index contributed by atoms with van der Waals surface area (Å²) >= 11 is 0. The molecule has 0 heterocycles. The number of aliphatic hydroxyl groups excluding tert-OH is 1. The molecule has 2 atom stereocenters. The van der Waals surface area contributed by atoms with E-state index >= 15 is 0 Å². The third-order valence-corrected chi connectivity index (χ3v) is 3.02. The highest BCUT2D eigenvalue weighted by Crippen LogP contribution is 2.22. The number of rotatable bonds is 5. The van der Waals surface area contributed by atoms with Gasteiger partial charge in [0.05, 0.1) is 6.10 Å². The van der Waals surface area contributed by atoms with Crippen LogP contribution in [0.5, 0.6) is 0 Å². The molecule has 0 saturated heterocycles. The number of halogens is 3. The van der Waals surface area contributed by atoms with Gasteiger partial charge in [-0.15, -0.1) is 0 Å². The summed E-state index contributed by atoms with van der Waals surface area (Å²) in [4.78, 5) is 0. The molecule has 0 aliphatic heterocycles. The van der Waals surface area contributed by atoms with E-state index in [4.69, 9.17) is 0 Å². The van der Waals surface area contributed by atoms with E-state index in [1.165, 1.54) is 0 Å². The first kappa shape index (κ1) is 13.8. The molecule has 2 unspecified atom stereocenters. The van der Waals surface area contributed by atoms with Gasteiger partial charge in [0.2, 0.25) is 0 Å². The van der Waals surface area contributed by atoms with Crippen molar-refractivity contribution >= 4 is 0 Å². The normalized spacial score (nSPS) is 27.0. The van der Waals surface area contributed by atoms with E-state index < -0.39 is 12.6 Å². The lowest BCUT2D eigenvalue weighted by Crippen LogP contribution is -2.42. The largest absolute Gasteiger partial charge is 0.392 e. The monoisotopic (exact) mass is 239 g/mol. The molecule has 0 bridgehead atoms. The Labute approximate surface area is 94.2 Å². The number of alkyl halides is 3. The van der Waals surface area contributed by atoms with Crippen molar-refractivity contribution in [3.05, 3.63) is 0 Å². The zero-order valence-corrected chi connectivity index (χ0v) is 9.39. The second-order valence-corrected chi connectivity index (χ2v) is 4.48. The van der Waals surface area contributed by atoms with Gasteiger partial charge in [0.25, 0.3) is 0 Å². The van der Waals surface area contributed by atoms with E-state index in [0.717, 1.165) is 25.7 Å². The van der Waals surface area contributed by atoms with Gasteiger partial charge in [0.15, 0.2) is 0 Å². The molecule has 0 aromatic heterocycles. The maximum atomic E-state index is 11.8. The summed E-state index contributed by atoms with van der Waals surface area (Å²) < 4.78 is 35.5. The SMILES string of the molecule is OC1CCCCC1NCCCCC(F)(F)F. The summed E-state index contributed by atoms with van der Waals surface area (Å²) in [6.07, 6.45) is -0.504. The molecule has 1 rings (SSSR count). The van der Waals surface area contributed by atoms with Gasteiger partial charge in [0, 0.05) is 12.5 Å². The highest BCUT2D eigenvalue weighted by molar-refractivity contribution is 4.80. The third kappa shape index (κ3) is 5.70. The van der Waals surface area contributed by atoms with Crippen LogP contribution in [-0.2, 0) is 0 Å². The van der Waals surface area contributed by atoms with Crippen LogP contribution in [0.2, 0.25) is 0 Å². The molecule has 0 amide bonds. The molecule has 1 fully saturated rings. The minimum atomic E-state index is -4.04.